The van der Waals surface area contributed by atoms with E-state index < -0.39 is 13.0 Å². The number of anilines is 5. The number of nitrogens with zero attached hydrogens (tertiary/aromatic N) is 2. The fourth-order valence-corrected chi connectivity index (χ4v) is 5.04. The van der Waals surface area contributed by atoms with Crippen molar-refractivity contribution in [1.82, 2.24) is 15.3 Å². The second-order valence-corrected chi connectivity index (χ2v) is 12.6. The SMILES string of the molecule is C=CC(=O)Nc1cc(Nc2ncc(Cl)c(Nc3ccccc3P(C)(C)=O)n2)c(OC)cc1OC(CNC)COC. The summed E-state index contributed by atoms with van der Waals surface area (Å²) in [7, 11) is 2.31. The number of hydrogen-bond donors (Lipinski definition) is 4. The lowest BCUT2D eigenvalue weighted by atomic mass is 10.2. The van der Waals surface area contributed by atoms with Crippen LogP contribution in [-0.4, -0.2) is 69.7 Å². The highest BCUT2D eigenvalue weighted by atomic mass is 35.5. The lowest BCUT2D eigenvalue weighted by Gasteiger charge is -2.22. The van der Waals surface area contributed by atoms with Crippen molar-refractivity contribution < 1.29 is 23.6 Å². The van der Waals surface area contributed by atoms with Gasteiger partial charge in [-0.2, -0.15) is 4.98 Å². The molecule has 0 aliphatic rings. The van der Waals surface area contributed by atoms with Gasteiger partial charge >= 0.3 is 0 Å². The minimum absolute atomic E-state index is 0.195. The minimum Gasteiger partial charge on any atom is -0.494 e. The molecule has 0 spiro atoms. The molecule has 0 fully saturated rings. The van der Waals surface area contributed by atoms with E-state index in [1.807, 2.05) is 18.2 Å². The normalized spacial score (nSPS) is 11.8. The van der Waals surface area contributed by atoms with E-state index in [-0.39, 0.29) is 17.1 Å². The summed E-state index contributed by atoms with van der Waals surface area (Å²) in [6.45, 7) is 7.74. The van der Waals surface area contributed by atoms with Crippen LogP contribution in [0, 0.1) is 0 Å². The van der Waals surface area contributed by atoms with E-state index in [4.69, 9.17) is 25.8 Å². The lowest BCUT2D eigenvalue weighted by Crippen LogP contribution is -2.33. The molecular weight excluding hydrogens is 555 g/mol. The molecule has 0 radical (unpaired) electrons. The summed E-state index contributed by atoms with van der Waals surface area (Å²) < 4.78 is 29.8. The zero-order valence-corrected chi connectivity index (χ0v) is 24.7. The molecule has 3 rings (SSSR count). The van der Waals surface area contributed by atoms with Gasteiger partial charge in [0.2, 0.25) is 11.9 Å². The Morgan fingerprint density at radius 3 is 2.52 bits per heavy atom. The van der Waals surface area contributed by atoms with Crippen molar-refractivity contribution in [2.75, 3.05) is 63.7 Å². The van der Waals surface area contributed by atoms with Crippen molar-refractivity contribution in [3.63, 3.8) is 0 Å². The van der Waals surface area contributed by atoms with Crippen LogP contribution in [0.5, 0.6) is 11.5 Å². The average Bonchev–Trinajstić information content (AvgIpc) is 2.91. The van der Waals surface area contributed by atoms with Gasteiger partial charge in [0, 0.05) is 25.0 Å². The van der Waals surface area contributed by atoms with Crippen molar-refractivity contribution in [2.24, 2.45) is 0 Å². The molecule has 0 saturated heterocycles. The van der Waals surface area contributed by atoms with Crippen molar-refractivity contribution in [1.29, 1.82) is 0 Å². The van der Waals surface area contributed by atoms with Crippen molar-refractivity contribution in [2.45, 2.75) is 6.10 Å². The maximum absolute atomic E-state index is 12.8. The smallest absolute Gasteiger partial charge is 0.247 e. The molecule has 1 heterocycles. The summed E-state index contributed by atoms with van der Waals surface area (Å²) in [4.78, 5) is 21.0. The van der Waals surface area contributed by atoms with Gasteiger partial charge in [-0.1, -0.05) is 30.3 Å². The largest absolute Gasteiger partial charge is 0.494 e. The Hall–Kier alpha value is -3.63. The molecular formula is C27H34ClN6O5P. The number of carbonyl (C=O) groups excluding carboxylic acids is 1. The Kier molecular flexibility index (Phi) is 10.9. The number of ether oxygens (including phenoxy) is 3. The number of methoxy groups -OCH3 is 2. The van der Waals surface area contributed by atoms with Crippen molar-refractivity contribution in [3.8, 4) is 11.5 Å². The van der Waals surface area contributed by atoms with E-state index in [0.29, 0.717) is 52.8 Å². The third-order valence-corrected chi connectivity index (χ3v) is 7.38. The molecule has 2 aromatic carbocycles. The second kappa shape index (κ2) is 14.1. The number of hydrogen-bond acceptors (Lipinski definition) is 10. The van der Waals surface area contributed by atoms with Crippen LogP contribution >= 0.6 is 18.7 Å². The predicted molar refractivity (Wildman–Crippen MR) is 161 cm³/mol. The van der Waals surface area contributed by atoms with Crippen LogP contribution in [0.15, 0.2) is 55.3 Å². The Morgan fingerprint density at radius 1 is 1.12 bits per heavy atom. The molecule has 1 aromatic heterocycles. The van der Waals surface area contributed by atoms with Crippen LogP contribution in [0.3, 0.4) is 0 Å². The number of rotatable bonds is 14. The number of amides is 1. The van der Waals surface area contributed by atoms with Gasteiger partial charge in [-0.25, -0.2) is 4.98 Å². The van der Waals surface area contributed by atoms with E-state index in [0.717, 1.165) is 6.08 Å². The lowest BCUT2D eigenvalue weighted by molar-refractivity contribution is -0.111. The van der Waals surface area contributed by atoms with Gasteiger partial charge in [0.25, 0.3) is 0 Å². The highest BCUT2D eigenvalue weighted by Crippen LogP contribution is 2.40. The summed E-state index contributed by atoms with van der Waals surface area (Å²) in [5.74, 6) is 0.863. The number of nitrogens with one attached hydrogen (secondary N) is 4. The van der Waals surface area contributed by atoms with Crippen LogP contribution in [0.2, 0.25) is 5.02 Å². The summed E-state index contributed by atoms with van der Waals surface area (Å²) in [6.07, 6.45) is 2.26. The summed E-state index contributed by atoms with van der Waals surface area (Å²) >= 11 is 6.40. The highest BCUT2D eigenvalue weighted by molar-refractivity contribution is 7.70. The van der Waals surface area contributed by atoms with Gasteiger partial charge in [0.15, 0.2) is 5.82 Å². The van der Waals surface area contributed by atoms with E-state index in [2.05, 4.69) is 37.8 Å². The first-order valence-corrected chi connectivity index (χ1v) is 15.2. The van der Waals surface area contributed by atoms with Gasteiger partial charge < -0.3 is 40.0 Å². The number of aromatic nitrogens is 2. The van der Waals surface area contributed by atoms with Crippen LogP contribution in [0.1, 0.15) is 0 Å². The number of likely N-dealkylation sites (N-methyl/N-ethyl adjacent to an activating group) is 1. The molecule has 1 amide bonds. The average molecular weight is 589 g/mol. The monoisotopic (exact) mass is 588 g/mol. The van der Waals surface area contributed by atoms with Gasteiger partial charge in [-0.3, -0.25) is 4.79 Å². The number of carbonyl (C=O) groups is 1. The molecule has 40 heavy (non-hydrogen) atoms. The van der Waals surface area contributed by atoms with Gasteiger partial charge in [-0.15, -0.1) is 0 Å². The van der Waals surface area contributed by atoms with Crippen LogP contribution in [-0.2, 0) is 14.1 Å². The van der Waals surface area contributed by atoms with Crippen LogP contribution in [0.4, 0.5) is 28.8 Å². The molecule has 0 aliphatic carbocycles. The number of benzene rings is 2. The first-order chi connectivity index (χ1) is 19.1. The number of para-hydroxylation sites is 1. The Labute approximate surface area is 239 Å². The van der Waals surface area contributed by atoms with E-state index in [1.165, 1.54) is 13.3 Å². The van der Waals surface area contributed by atoms with Gasteiger partial charge in [0.05, 0.1) is 37.0 Å². The molecule has 0 saturated carbocycles. The molecule has 0 bridgehead atoms. The fourth-order valence-electron chi connectivity index (χ4n) is 3.75. The third kappa shape index (κ3) is 8.19. The Bertz CT molecular complexity index is 1390. The molecule has 13 heteroatoms. The van der Waals surface area contributed by atoms with E-state index >= 15 is 0 Å². The van der Waals surface area contributed by atoms with Crippen LogP contribution in [0.25, 0.3) is 0 Å². The quantitative estimate of drug-likeness (QED) is 0.156. The van der Waals surface area contributed by atoms with E-state index in [1.54, 1.807) is 45.7 Å². The molecule has 11 nitrogen and oxygen atoms in total. The number of halogens is 1. The van der Waals surface area contributed by atoms with Crippen LogP contribution < -0.4 is 36.0 Å². The molecule has 0 aliphatic heterocycles. The zero-order valence-electron chi connectivity index (χ0n) is 23.1. The highest BCUT2D eigenvalue weighted by Gasteiger charge is 2.20. The first kappa shape index (κ1) is 30.9. The second-order valence-electron chi connectivity index (χ2n) is 9.00. The van der Waals surface area contributed by atoms with Crippen molar-refractivity contribution >= 4 is 58.8 Å². The fraction of sp³-hybridized carbons (Fsp3) is 0.296. The molecule has 4 N–H and O–H groups in total. The summed E-state index contributed by atoms with van der Waals surface area (Å²) in [5.41, 5.74) is 1.45. The predicted octanol–water partition coefficient (Wildman–Crippen LogP) is 4.61. The Morgan fingerprint density at radius 2 is 1.88 bits per heavy atom. The maximum Gasteiger partial charge on any atom is 0.247 e. The summed E-state index contributed by atoms with van der Waals surface area (Å²) in [5, 5.41) is 13.0. The summed E-state index contributed by atoms with van der Waals surface area (Å²) in [6, 6.07) is 10.6. The minimum atomic E-state index is -2.58. The molecule has 1 unspecified atom stereocenters. The standard InChI is InChI=1S/C27H34ClN6O5P/c1-7-25(35)31-21-12-20(22(38-4)13-23(21)39-17(14-29-2)16-37-3)33-27-30-15-18(28)26(34-27)32-19-10-8-9-11-24(19)40(5,6)36/h7-13,15,17,29H,1,14,16H2,2-6H3,(H,31,35)(H2,30,32,33,34). The molecule has 1 atom stereocenters. The van der Waals surface area contributed by atoms with Gasteiger partial charge in [-0.05, 0) is 44.7 Å². The Balaban J connectivity index is 1.98. The molecule has 214 valence electrons. The maximum atomic E-state index is 12.8. The molecule has 3 aromatic rings. The zero-order chi connectivity index (χ0) is 29.3. The topological polar surface area (TPSA) is 136 Å². The third-order valence-electron chi connectivity index (χ3n) is 5.55. The van der Waals surface area contributed by atoms with Crippen molar-refractivity contribution in [3.05, 3.63) is 60.3 Å². The first-order valence-electron chi connectivity index (χ1n) is 12.3. The van der Waals surface area contributed by atoms with E-state index in [9.17, 15) is 9.36 Å². The van der Waals surface area contributed by atoms with Gasteiger partial charge in [0.1, 0.15) is 29.8 Å².